The molecule has 0 aromatic carbocycles. The Hall–Kier alpha value is -0.380. The summed E-state index contributed by atoms with van der Waals surface area (Å²) < 4.78 is 0. The number of aryl methyl sites for hydroxylation is 1. The molecule has 1 aliphatic rings. The Morgan fingerprint density at radius 2 is 2.13 bits per heavy atom. The number of piperidine rings is 1. The second kappa shape index (κ2) is 5.10. The van der Waals surface area contributed by atoms with Gasteiger partial charge in [0.2, 0.25) is 0 Å². The van der Waals surface area contributed by atoms with Gasteiger partial charge in [0.15, 0.2) is 0 Å². The van der Waals surface area contributed by atoms with Gasteiger partial charge in [-0.15, -0.1) is 0 Å². The second-order valence-electron chi connectivity index (χ2n) is 4.54. The maximum absolute atomic E-state index is 3.67. The van der Waals surface area contributed by atoms with Crippen molar-refractivity contribution in [2.75, 3.05) is 20.1 Å². The molecule has 0 aliphatic carbocycles. The minimum atomic E-state index is 0.723. The molecule has 1 aliphatic heterocycles. The molecule has 1 N–H and O–H groups in total. The quantitative estimate of drug-likeness (QED) is 0.847. The van der Waals surface area contributed by atoms with E-state index in [9.17, 15) is 0 Å². The Labute approximate surface area is 96.3 Å². The van der Waals surface area contributed by atoms with Crippen molar-refractivity contribution in [1.29, 1.82) is 0 Å². The van der Waals surface area contributed by atoms with Crippen LogP contribution in [-0.4, -0.2) is 31.1 Å². The topological polar surface area (TPSA) is 15.3 Å². The zero-order valence-electron chi connectivity index (χ0n) is 9.62. The fourth-order valence-corrected chi connectivity index (χ4v) is 2.89. The molecule has 84 valence electrons. The van der Waals surface area contributed by atoms with Crippen molar-refractivity contribution < 1.29 is 0 Å². The first-order valence-corrected chi connectivity index (χ1v) is 6.63. The number of thiophene rings is 1. The van der Waals surface area contributed by atoms with Gasteiger partial charge in [0.1, 0.15) is 0 Å². The molecule has 1 aromatic heterocycles. The molecular weight excluding hydrogens is 204 g/mol. The molecule has 1 aromatic rings. The first-order chi connectivity index (χ1) is 7.25. The molecule has 0 bridgehead atoms. The van der Waals surface area contributed by atoms with E-state index >= 15 is 0 Å². The van der Waals surface area contributed by atoms with Crippen LogP contribution in [0.2, 0.25) is 0 Å². The van der Waals surface area contributed by atoms with Gasteiger partial charge < -0.3 is 10.2 Å². The van der Waals surface area contributed by atoms with E-state index in [0.29, 0.717) is 0 Å². The highest BCUT2D eigenvalue weighted by atomic mass is 32.1. The Bertz CT molecular complexity index is 300. The molecule has 2 nitrogen and oxygen atoms in total. The summed E-state index contributed by atoms with van der Waals surface area (Å²) in [5.74, 6) is 0. The minimum absolute atomic E-state index is 0.723. The molecule has 0 saturated carbocycles. The maximum atomic E-state index is 3.67. The molecule has 0 radical (unpaired) electrons. The molecule has 0 unspecified atom stereocenters. The summed E-state index contributed by atoms with van der Waals surface area (Å²) in [6.07, 6.45) is 2.58. The number of hydrogen-bond donors (Lipinski definition) is 1. The zero-order chi connectivity index (χ0) is 10.7. The summed E-state index contributed by atoms with van der Waals surface area (Å²) in [5, 5.41) is 8.15. The lowest BCUT2D eigenvalue weighted by Crippen LogP contribution is -2.40. The van der Waals surface area contributed by atoms with Crippen LogP contribution in [-0.2, 0) is 6.54 Å². The molecule has 15 heavy (non-hydrogen) atoms. The van der Waals surface area contributed by atoms with Crippen LogP contribution in [0.5, 0.6) is 0 Å². The van der Waals surface area contributed by atoms with Crippen molar-refractivity contribution in [2.24, 2.45) is 0 Å². The van der Waals surface area contributed by atoms with Gasteiger partial charge >= 0.3 is 0 Å². The van der Waals surface area contributed by atoms with Crippen molar-refractivity contribution in [3.05, 3.63) is 21.9 Å². The Morgan fingerprint density at radius 3 is 2.73 bits per heavy atom. The highest BCUT2D eigenvalue weighted by Crippen LogP contribution is 2.15. The molecule has 0 amide bonds. The molecule has 1 saturated heterocycles. The van der Waals surface area contributed by atoms with Gasteiger partial charge in [-0.2, -0.15) is 11.3 Å². The molecule has 2 heterocycles. The lowest BCUT2D eigenvalue weighted by molar-refractivity contribution is 0.234. The van der Waals surface area contributed by atoms with Crippen LogP contribution in [0, 0.1) is 6.92 Å². The first kappa shape index (κ1) is 11.1. The van der Waals surface area contributed by atoms with E-state index in [4.69, 9.17) is 0 Å². The third kappa shape index (κ3) is 3.03. The van der Waals surface area contributed by atoms with Crippen LogP contribution in [0.1, 0.15) is 24.0 Å². The van der Waals surface area contributed by atoms with Crippen molar-refractivity contribution in [3.8, 4) is 0 Å². The van der Waals surface area contributed by atoms with Crippen LogP contribution in [0.15, 0.2) is 10.8 Å². The van der Waals surface area contributed by atoms with E-state index in [-0.39, 0.29) is 0 Å². The normalized spacial score (nSPS) is 19.6. The van der Waals surface area contributed by atoms with Crippen LogP contribution >= 0.6 is 11.3 Å². The Morgan fingerprint density at radius 1 is 1.40 bits per heavy atom. The smallest absolute Gasteiger partial charge is 0.0218 e. The number of likely N-dealkylation sites (tertiary alicyclic amines) is 1. The third-order valence-electron chi connectivity index (χ3n) is 3.26. The molecule has 0 spiro atoms. The predicted molar refractivity (Wildman–Crippen MR) is 66.4 cm³/mol. The van der Waals surface area contributed by atoms with Gasteiger partial charge in [0.05, 0.1) is 0 Å². The van der Waals surface area contributed by atoms with Crippen molar-refractivity contribution in [1.82, 2.24) is 10.2 Å². The second-order valence-corrected chi connectivity index (χ2v) is 5.28. The summed E-state index contributed by atoms with van der Waals surface area (Å²) in [7, 11) is 2.21. The van der Waals surface area contributed by atoms with Gasteiger partial charge in [0.25, 0.3) is 0 Å². The summed E-state index contributed by atoms with van der Waals surface area (Å²) >= 11 is 1.80. The van der Waals surface area contributed by atoms with Crippen LogP contribution in [0.25, 0.3) is 0 Å². The predicted octanol–water partition coefficient (Wildman–Crippen LogP) is 2.24. The molecule has 3 heteroatoms. The lowest BCUT2D eigenvalue weighted by atomic mass is 10.1. The molecular formula is C12H20N2S. The monoisotopic (exact) mass is 224 g/mol. The van der Waals surface area contributed by atoms with Gasteiger partial charge in [-0.05, 0) is 61.8 Å². The van der Waals surface area contributed by atoms with Crippen molar-refractivity contribution >= 4 is 11.3 Å². The van der Waals surface area contributed by atoms with E-state index in [2.05, 4.69) is 34.9 Å². The average Bonchev–Trinajstić information content (AvgIpc) is 2.63. The van der Waals surface area contributed by atoms with Gasteiger partial charge in [0, 0.05) is 12.6 Å². The SMILES string of the molecule is Cc1cscc1CNC1CCN(C)CC1. The first-order valence-electron chi connectivity index (χ1n) is 5.69. The number of nitrogens with one attached hydrogen (secondary N) is 1. The van der Waals surface area contributed by atoms with E-state index in [1.807, 2.05) is 0 Å². The fourth-order valence-electron chi connectivity index (χ4n) is 2.03. The molecule has 1 fully saturated rings. The Balaban J connectivity index is 1.77. The highest BCUT2D eigenvalue weighted by Gasteiger charge is 2.15. The van der Waals surface area contributed by atoms with Crippen LogP contribution in [0.4, 0.5) is 0 Å². The van der Waals surface area contributed by atoms with Crippen molar-refractivity contribution in [2.45, 2.75) is 32.4 Å². The van der Waals surface area contributed by atoms with Crippen LogP contribution < -0.4 is 5.32 Å². The fraction of sp³-hybridized carbons (Fsp3) is 0.667. The lowest BCUT2D eigenvalue weighted by Gasteiger charge is -2.29. The summed E-state index contributed by atoms with van der Waals surface area (Å²) in [6, 6.07) is 0.723. The average molecular weight is 224 g/mol. The van der Waals surface area contributed by atoms with Crippen LogP contribution in [0.3, 0.4) is 0 Å². The standard InChI is InChI=1S/C12H20N2S/c1-10-8-15-9-11(10)7-13-12-3-5-14(2)6-4-12/h8-9,12-13H,3-7H2,1-2H3. The zero-order valence-corrected chi connectivity index (χ0v) is 10.4. The van der Waals surface area contributed by atoms with E-state index in [1.165, 1.54) is 37.1 Å². The molecule has 0 atom stereocenters. The van der Waals surface area contributed by atoms with Crippen molar-refractivity contribution in [3.63, 3.8) is 0 Å². The third-order valence-corrected chi connectivity index (χ3v) is 4.17. The van der Waals surface area contributed by atoms with Gasteiger partial charge in [-0.25, -0.2) is 0 Å². The highest BCUT2D eigenvalue weighted by molar-refractivity contribution is 7.08. The largest absolute Gasteiger partial charge is 0.310 e. The number of hydrogen-bond acceptors (Lipinski definition) is 3. The van der Waals surface area contributed by atoms with Gasteiger partial charge in [-0.3, -0.25) is 0 Å². The molecule has 2 rings (SSSR count). The Kier molecular flexibility index (Phi) is 3.78. The summed E-state index contributed by atoms with van der Waals surface area (Å²) in [4.78, 5) is 2.41. The minimum Gasteiger partial charge on any atom is -0.310 e. The van der Waals surface area contributed by atoms with E-state index < -0.39 is 0 Å². The summed E-state index contributed by atoms with van der Waals surface area (Å²) in [5.41, 5.74) is 2.90. The van der Waals surface area contributed by atoms with E-state index in [0.717, 1.165) is 12.6 Å². The summed E-state index contributed by atoms with van der Waals surface area (Å²) in [6.45, 7) is 5.71. The number of rotatable bonds is 3. The van der Waals surface area contributed by atoms with E-state index in [1.54, 1.807) is 11.3 Å². The van der Waals surface area contributed by atoms with Gasteiger partial charge in [-0.1, -0.05) is 0 Å². The maximum Gasteiger partial charge on any atom is 0.0218 e. The number of nitrogens with zero attached hydrogens (tertiary/aromatic N) is 1.